The van der Waals surface area contributed by atoms with E-state index in [0.29, 0.717) is 5.92 Å². The maximum Gasteiger partial charge on any atom is 0.315 e. The summed E-state index contributed by atoms with van der Waals surface area (Å²) in [4.78, 5) is 12.5. The maximum atomic E-state index is 13.2. The monoisotopic (exact) mass is 342 g/mol. The molecule has 0 aliphatic heterocycles. The average molecular weight is 342 g/mol. The molecule has 0 bridgehead atoms. The summed E-state index contributed by atoms with van der Waals surface area (Å²) in [6, 6.07) is 6.40. The second-order valence-electron chi connectivity index (χ2n) is 7.15. The van der Waals surface area contributed by atoms with Crippen molar-refractivity contribution in [1.29, 1.82) is 0 Å². The predicted molar refractivity (Wildman–Crippen MR) is 92.6 cm³/mol. The molecule has 3 N–H and O–H groups in total. The van der Waals surface area contributed by atoms with Gasteiger partial charge in [-0.05, 0) is 61.3 Å². The summed E-state index contributed by atoms with van der Waals surface area (Å²) in [7, 11) is 0. The van der Waals surface area contributed by atoms with Crippen LogP contribution < -0.4 is 10.6 Å². The van der Waals surface area contributed by atoms with Gasteiger partial charge >= 0.3 is 6.03 Å². The van der Waals surface area contributed by atoms with Gasteiger partial charge in [0.25, 0.3) is 0 Å². The van der Waals surface area contributed by atoms with Gasteiger partial charge in [-0.2, -0.15) is 5.10 Å². The zero-order valence-electron chi connectivity index (χ0n) is 14.1. The van der Waals surface area contributed by atoms with Crippen molar-refractivity contribution in [3.05, 3.63) is 53.1 Å². The van der Waals surface area contributed by atoms with E-state index in [1.807, 2.05) is 6.20 Å². The summed E-state index contributed by atoms with van der Waals surface area (Å²) < 4.78 is 13.2. The molecule has 6 heteroatoms. The molecule has 2 aromatic rings. The lowest BCUT2D eigenvalue weighted by atomic mass is 9.77. The van der Waals surface area contributed by atoms with Gasteiger partial charge in [-0.25, -0.2) is 9.18 Å². The predicted octanol–water partition coefficient (Wildman–Crippen LogP) is 3.25. The van der Waals surface area contributed by atoms with E-state index in [4.69, 9.17) is 0 Å². The van der Waals surface area contributed by atoms with E-state index in [2.05, 4.69) is 20.8 Å². The molecule has 2 atom stereocenters. The van der Waals surface area contributed by atoms with E-state index >= 15 is 0 Å². The number of hydrogen-bond acceptors (Lipinski definition) is 2. The Bertz CT molecular complexity index is 738. The Hall–Kier alpha value is -2.37. The van der Waals surface area contributed by atoms with Crippen LogP contribution in [0.3, 0.4) is 0 Å². The summed E-state index contributed by atoms with van der Waals surface area (Å²) in [5, 5.41) is 13.3. The van der Waals surface area contributed by atoms with Gasteiger partial charge in [0.1, 0.15) is 5.82 Å². The molecule has 0 saturated heterocycles. The van der Waals surface area contributed by atoms with E-state index < -0.39 is 0 Å². The number of nitrogens with one attached hydrogen (secondary N) is 3. The summed E-state index contributed by atoms with van der Waals surface area (Å²) in [6.07, 6.45) is 7.87. The number of benzene rings is 1. The van der Waals surface area contributed by atoms with Crippen molar-refractivity contribution in [2.45, 2.75) is 50.6 Å². The fraction of sp³-hybridized carbons (Fsp3) is 0.474. The number of hydrogen-bond donors (Lipinski definition) is 3. The number of fused-ring (bicyclic) bond motifs is 1. The highest BCUT2D eigenvalue weighted by atomic mass is 19.1. The van der Waals surface area contributed by atoms with Gasteiger partial charge < -0.3 is 10.6 Å². The maximum absolute atomic E-state index is 13.2. The lowest BCUT2D eigenvalue weighted by Crippen LogP contribution is -2.47. The molecule has 25 heavy (non-hydrogen) atoms. The Morgan fingerprint density at radius 3 is 2.76 bits per heavy atom. The smallest absolute Gasteiger partial charge is 0.315 e. The summed E-state index contributed by atoms with van der Waals surface area (Å²) in [5.74, 6) is 0.182. The summed E-state index contributed by atoms with van der Waals surface area (Å²) in [6.45, 7) is 0. The van der Waals surface area contributed by atoms with Crippen LogP contribution >= 0.6 is 0 Å². The summed E-state index contributed by atoms with van der Waals surface area (Å²) in [5.41, 5.74) is 3.34. The molecule has 0 radical (unpaired) electrons. The average Bonchev–Trinajstić information content (AvgIpc) is 3.01. The standard InChI is InChI=1S/C19H23FN4O/c20-15-6-4-13(5-7-15)18(12-2-1-3-12)23-19(25)22-16-8-9-17-14(10-16)11-21-24-17/h4-7,11-12,16,18H,1-3,8-10H2,(H,21,24)(H2,22,23,25)/t16-,18-/m1/s1. The zero-order chi connectivity index (χ0) is 17.2. The van der Waals surface area contributed by atoms with Gasteiger partial charge in [-0.3, -0.25) is 5.10 Å². The molecule has 0 unspecified atom stereocenters. The minimum Gasteiger partial charge on any atom is -0.335 e. The Balaban J connectivity index is 1.40. The number of H-pyrrole nitrogens is 1. The largest absolute Gasteiger partial charge is 0.335 e. The fourth-order valence-corrected chi connectivity index (χ4v) is 3.82. The van der Waals surface area contributed by atoms with Crippen LogP contribution in [0.4, 0.5) is 9.18 Å². The van der Waals surface area contributed by atoms with Gasteiger partial charge in [0.2, 0.25) is 0 Å². The molecule has 1 aromatic carbocycles. The van der Waals surface area contributed by atoms with Gasteiger partial charge in [0, 0.05) is 11.7 Å². The lowest BCUT2D eigenvalue weighted by Gasteiger charge is -2.35. The van der Waals surface area contributed by atoms with Crippen LogP contribution in [0.2, 0.25) is 0 Å². The van der Waals surface area contributed by atoms with Crippen molar-refractivity contribution in [2.75, 3.05) is 0 Å². The first-order valence-electron chi connectivity index (χ1n) is 9.02. The highest BCUT2D eigenvalue weighted by Gasteiger charge is 2.30. The Morgan fingerprint density at radius 2 is 2.04 bits per heavy atom. The van der Waals surface area contributed by atoms with Crippen LogP contribution in [0, 0.1) is 11.7 Å². The number of aromatic amines is 1. The van der Waals surface area contributed by atoms with Crippen molar-refractivity contribution in [2.24, 2.45) is 5.92 Å². The van der Waals surface area contributed by atoms with Gasteiger partial charge in [0.05, 0.1) is 12.2 Å². The molecule has 132 valence electrons. The van der Waals surface area contributed by atoms with Crippen molar-refractivity contribution in [1.82, 2.24) is 20.8 Å². The minimum absolute atomic E-state index is 0.0533. The van der Waals surface area contributed by atoms with Gasteiger partial charge in [0.15, 0.2) is 0 Å². The topological polar surface area (TPSA) is 69.8 Å². The molecule has 1 aromatic heterocycles. The third-order valence-corrected chi connectivity index (χ3v) is 5.49. The number of halogens is 1. The molecule has 2 aliphatic carbocycles. The van der Waals surface area contributed by atoms with Crippen molar-refractivity contribution in [3.8, 4) is 0 Å². The van der Waals surface area contributed by atoms with Crippen molar-refractivity contribution in [3.63, 3.8) is 0 Å². The molecule has 2 aliphatic rings. The molecular weight excluding hydrogens is 319 g/mol. The first-order valence-corrected chi connectivity index (χ1v) is 9.02. The summed E-state index contributed by atoms with van der Waals surface area (Å²) >= 11 is 0. The second kappa shape index (κ2) is 6.86. The number of aromatic nitrogens is 2. The molecule has 0 spiro atoms. The molecule has 4 rings (SSSR count). The van der Waals surface area contributed by atoms with Gasteiger partial charge in [-0.1, -0.05) is 18.6 Å². The van der Waals surface area contributed by atoms with Gasteiger partial charge in [-0.15, -0.1) is 0 Å². The number of urea groups is 1. The van der Waals surface area contributed by atoms with Crippen LogP contribution in [0.25, 0.3) is 0 Å². The Labute approximate surface area is 146 Å². The number of rotatable bonds is 4. The molecular formula is C19H23FN4O. The van der Waals surface area contributed by atoms with Crippen molar-refractivity contribution < 1.29 is 9.18 Å². The van der Waals surface area contributed by atoms with Crippen LogP contribution in [-0.4, -0.2) is 22.3 Å². The lowest BCUT2D eigenvalue weighted by molar-refractivity contribution is 0.204. The van der Waals surface area contributed by atoms with Crippen LogP contribution in [0.5, 0.6) is 0 Å². The van der Waals surface area contributed by atoms with E-state index in [9.17, 15) is 9.18 Å². The first kappa shape index (κ1) is 16.1. The number of amides is 2. The number of carbonyl (C=O) groups is 1. The van der Waals surface area contributed by atoms with Crippen molar-refractivity contribution >= 4 is 6.03 Å². The normalized spacial score (nSPS) is 21.1. The minimum atomic E-state index is -0.251. The molecule has 1 heterocycles. The highest BCUT2D eigenvalue weighted by molar-refractivity contribution is 5.75. The van der Waals surface area contributed by atoms with Crippen LogP contribution in [0.15, 0.2) is 30.5 Å². The Kier molecular flexibility index (Phi) is 4.42. The Morgan fingerprint density at radius 1 is 1.24 bits per heavy atom. The number of nitrogens with zero attached hydrogens (tertiary/aromatic N) is 1. The highest BCUT2D eigenvalue weighted by Crippen LogP contribution is 2.37. The third-order valence-electron chi connectivity index (χ3n) is 5.49. The van der Waals surface area contributed by atoms with Crippen LogP contribution in [-0.2, 0) is 12.8 Å². The van der Waals surface area contributed by atoms with E-state index in [1.54, 1.807) is 12.1 Å². The fourth-order valence-electron chi connectivity index (χ4n) is 3.82. The first-order chi connectivity index (χ1) is 12.2. The zero-order valence-corrected chi connectivity index (χ0v) is 14.1. The SMILES string of the molecule is O=C(N[C@@H]1CCc2[nH]ncc2C1)N[C@@H](c1ccc(F)cc1)C1CCC1. The van der Waals surface area contributed by atoms with E-state index in [0.717, 1.165) is 37.7 Å². The molecule has 2 amide bonds. The molecule has 1 fully saturated rings. The molecule has 5 nitrogen and oxygen atoms in total. The second-order valence-corrected chi connectivity index (χ2v) is 7.15. The molecule has 1 saturated carbocycles. The van der Waals surface area contributed by atoms with E-state index in [1.165, 1.54) is 29.8 Å². The third kappa shape index (κ3) is 3.52. The van der Waals surface area contributed by atoms with Crippen LogP contribution in [0.1, 0.15) is 48.5 Å². The quantitative estimate of drug-likeness (QED) is 0.798. The number of aryl methyl sites for hydroxylation is 1. The van der Waals surface area contributed by atoms with E-state index in [-0.39, 0.29) is 23.9 Å². The number of carbonyl (C=O) groups excluding carboxylic acids is 1.